The molecule has 0 N–H and O–H groups in total. The highest BCUT2D eigenvalue weighted by atomic mass is 16.7. The molecular weight excluding hydrogens is 412 g/mol. The van der Waals surface area contributed by atoms with E-state index < -0.39 is 18.1 Å². The standard InChI is InChI=1S/C28H28N2O3/c1-18-10-16-21(17-11-18)29-26(31)23-24(19-12-14-20(15-13-19)28(2,3)4)30(33-25(23)27(29)32)22-8-6-5-7-9-22/h5-17,23-25H,1-4H3/t23-,24+,25+/m0/s1. The smallest absolute Gasteiger partial charge is 0.266 e. The second kappa shape index (κ2) is 7.85. The first-order valence-electron chi connectivity index (χ1n) is 11.3. The van der Waals surface area contributed by atoms with E-state index in [9.17, 15) is 9.59 Å². The summed E-state index contributed by atoms with van der Waals surface area (Å²) in [6, 6.07) is 25.0. The minimum atomic E-state index is -0.855. The molecule has 3 aromatic rings. The molecule has 5 rings (SSSR count). The van der Waals surface area contributed by atoms with Crippen LogP contribution in [-0.2, 0) is 19.8 Å². The van der Waals surface area contributed by atoms with E-state index in [-0.39, 0.29) is 17.2 Å². The lowest BCUT2D eigenvalue weighted by molar-refractivity contribution is -0.126. The fraction of sp³-hybridized carbons (Fsp3) is 0.286. The fourth-order valence-corrected chi connectivity index (χ4v) is 4.68. The first-order valence-corrected chi connectivity index (χ1v) is 11.3. The Labute approximate surface area is 194 Å². The molecule has 3 atom stereocenters. The van der Waals surface area contributed by atoms with E-state index in [2.05, 4.69) is 45.0 Å². The summed E-state index contributed by atoms with van der Waals surface area (Å²) in [5, 5.41) is 1.74. The monoisotopic (exact) mass is 440 g/mol. The maximum atomic E-state index is 13.7. The Morgan fingerprint density at radius 3 is 2.00 bits per heavy atom. The summed E-state index contributed by atoms with van der Waals surface area (Å²) in [6.45, 7) is 8.49. The number of fused-ring (bicyclic) bond motifs is 1. The molecule has 3 aromatic carbocycles. The number of para-hydroxylation sites is 1. The van der Waals surface area contributed by atoms with Crippen LogP contribution in [0.3, 0.4) is 0 Å². The quantitative estimate of drug-likeness (QED) is 0.516. The number of hydrogen-bond donors (Lipinski definition) is 0. The summed E-state index contributed by atoms with van der Waals surface area (Å²) >= 11 is 0. The number of imide groups is 1. The Bertz CT molecular complexity index is 1180. The minimum Gasteiger partial charge on any atom is -0.273 e. The lowest BCUT2D eigenvalue weighted by atomic mass is 9.84. The lowest BCUT2D eigenvalue weighted by Crippen LogP contribution is -2.37. The van der Waals surface area contributed by atoms with Gasteiger partial charge in [-0.05, 0) is 47.7 Å². The van der Waals surface area contributed by atoms with Gasteiger partial charge in [-0.25, -0.2) is 9.96 Å². The minimum absolute atomic E-state index is 0.0216. The predicted octanol–water partition coefficient (Wildman–Crippen LogP) is 5.34. The van der Waals surface area contributed by atoms with E-state index in [1.165, 1.54) is 10.5 Å². The average molecular weight is 441 g/mol. The van der Waals surface area contributed by atoms with E-state index >= 15 is 0 Å². The maximum Gasteiger partial charge on any atom is 0.266 e. The molecule has 2 saturated heterocycles. The zero-order valence-corrected chi connectivity index (χ0v) is 19.4. The van der Waals surface area contributed by atoms with Crippen molar-refractivity contribution in [3.63, 3.8) is 0 Å². The Hall–Kier alpha value is -3.44. The van der Waals surface area contributed by atoms with Crippen LogP contribution in [0.5, 0.6) is 0 Å². The van der Waals surface area contributed by atoms with Crippen molar-refractivity contribution in [1.82, 2.24) is 0 Å². The molecule has 0 spiro atoms. The second-order valence-corrected chi connectivity index (χ2v) is 9.88. The van der Waals surface area contributed by atoms with E-state index in [0.717, 1.165) is 16.8 Å². The van der Waals surface area contributed by atoms with Gasteiger partial charge in [0.25, 0.3) is 5.91 Å². The molecule has 2 aliphatic rings. The summed E-state index contributed by atoms with van der Waals surface area (Å²) in [5.74, 6) is -1.17. The topological polar surface area (TPSA) is 49.9 Å². The molecule has 2 heterocycles. The molecule has 0 aromatic heterocycles. The highest BCUT2D eigenvalue weighted by Crippen LogP contribution is 2.47. The van der Waals surface area contributed by atoms with Gasteiger partial charge < -0.3 is 0 Å². The average Bonchev–Trinajstić information content (AvgIpc) is 3.31. The van der Waals surface area contributed by atoms with Gasteiger partial charge in [-0.1, -0.05) is 80.9 Å². The number of amides is 2. The molecule has 5 heteroatoms. The first kappa shape index (κ1) is 21.4. The third-order valence-corrected chi connectivity index (χ3v) is 6.54. The number of benzene rings is 3. The van der Waals surface area contributed by atoms with Crippen molar-refractivity contribution in [3.8, 4) is 0 Å². The van der Waals surface area contributed by atoms with Crippen LogP contribution in [-0.4, -0.2) is 17.9 Å². The van der Waals surface area contributed by atoms with Crippen LogP contribution in [0.25, 0.3) is 0 Å². The molecule has 33 heavy (non-hydrogen) atoms. The molecule has 5 nitrogen and oxygen atoms in total. The van der Waals surface area contributed by atoms with Crippen molar-refractivity contribution in [2.75, 3.05) is 9.96 Å². The molecule has 168 valence electrons. The molecular formula is C28H28N2O3. The van der Waals surface area contributed by atoms with Crippen LogP contribution in [0.2, 0.25) is 0 Å². The van der Waals surface area contributed by atoms with Crippen molar-refractivity contribution in [2.24, 2.45) is 5.92 Å². The Morgan fingerprint density at radius 1 is 0.758 bits per heavy atom. The maximum absolute atomic E-state index is 13.7. The Balaban J connectivity index is 1.57. The van der Waals surface area contributed by atoms with Crippen molar-refractivity contribution in [1.29, 1.82) is 0 Å². The number of nitrogens with zero attached hydrogens (tertiary/aromatic N) is 2. The van der Waals surface area contributed by atoms with Crippen molar-refractivity contribution in [3.05, 3.63) is 95.6 Å². The number of anilines is 2. The number of rotatable bonds is 3. The van der Waals surface area contributed by atoms with Crippen LogP contribution in [0, 0.1) is 12.8 Å². The molecule has 0 bridgehead atoms. The molecule has 2 aliphatic heterocycles. The summed E-state index contributed by atoms with van der Waals surface area (Å²) in [4.78, 5) is 34.5. The first-order chi connectivity index (χ1) is 15.8. The summed E-state index contributed by atoms with van der Waals surface area (Å²) < 4.78 is 0. The zero-order chi connectivity index (χ0) is 23.3. The third-order valence-electron chi connectivity index (χ3n) is 6.54. The van der Waals surface area contributed by atoms with Gasteiger partial charge in [-0.15, -0.1) is 0 Å². The van der Waals surface area contributed by atoms with Gasteiger partial charge in [0.15, 0.2) is 6.10 Å². The molecule has 0 aliphatic carbocycles. The van der Waals surface area contributed by atoms with Gasteiger partial charge in [0.1, 0.15) is 5.92 Å². The molecule has 2 amide bonds. The van der Waals surface area contributed by atoms with E-state index in [1.807, 2.05) is 61.5 Å². The van der Waals surface area contributed by atoms with E-state index in [4.69, 9.17) is 4.84 Å². The van der Waals surface area contributed by atoms with Crippen molar-refractivity contribution in [2.45, 2.75) is 45.3 Å². The Kier molecular flexibility index (Phi) is 5.09. The van der Waals surface area contributed by atoms with Crippen LogP contribution in [0.4, 0.5) is 11.4 Å². The van der Waals surface area contributed by atoms with Crippen LogP contribution < -0.4 is 9.96 Å². The number of carbonyl (C=O) groups excluding carboxylic acids is 2. The largest absolute Gasteiger partial charge is 0.273 e. The molecule has 0 radical (unpaired) electrons. The van der Waals surface area contributed by atoms with Crippen LogP contribution >= 0.6 is 0 Å². The number of carbonyl (C=O) groups is 2. The fourth-order valence-electron chi connectivity index (χ4n) is 4.68. The summed E-state index contributed by atoms with van der Waals surface area (Å²) in [7, 11) is 0. The molecule has 0 unspecified atom stereocenters. The van der Waals surface area contributed by atoms with Gasteiger partial charge in [0.2, 0.25) is 5.91 Å². The van der Waals surface area contributed by atoms with Crippen LogP contribution in [0.15, 0.2) is 78.9 Å². The number of aryl methyl sites for hydroxylation is 1. The molecule has 2 fully saturated rings. The second-order valence-electron chi connectivity index (χ2n) is 9.88. The summed E-state index contributed by atoms with van der Waals surface area (Å²) in [6.07, 6.45) is -0.855. The van der Waals surface area contributed by atoms with Crippen molar-refractivity contribution >= 4 is 23.2 Å². The highest BCUT2D eigenvalue weighted by molar-refractivity contribution is 6.23. The van der Waals surface area contributed by atoms with Crippen molar-refractivity contribution < 1.29 is 14.4 Å². The predicted molar refractivity (Wildman–Crippen MR) is 129 cm³/mol. The highest BCUT2D eigenvalue weighted by Gasteiger charge is 2.60. The van der Waals surface area contributed by atoms with E-state index in [1.54, 1.807) is 5.06 Å². The van der Waals surface area contributed by atoms with E-state index in [0.29, 0.717) is 5.69 Å². The summed E-state index contributed by atoms with van der Waals surface area (Å²) in [5.41, 5.74) is 4.66. The normalized spacial score (nSPS) is 22.7. The van der Waals surface area contributed by atoms with Gasteiger partial charge in [0, 0.05) is 0 Å². The lowest BCUT2D eigenvalue weighted by Gasteiger charge is -2.29. The third kappa shape index (κ3) is 3.62. The van der Waals surface area contributed by atoms with Gasteiger partial charge in [-0.3, -0.25) is 14.4 Å². The van der Waals surface area contributed by atoms with Crippen LogP contribution in [0.1, 0.15) is 43.5 Å². The Morgan fingerprint density at radius 2 is 1.39 bits per heavy atom. The molecule has 0 saturated carbocycles. The van der Waals surface area contributed by atoms with Gasteiger partial charge in [0.05, 0.1) is 17.4 Å². The van der Waals surface area contributed by atoms with Gasteiger partial charge >= 0.3 is 0 Å². The SMILES string of the molecule is Cc1ccc(N2C(=O)[C@H]3[C@@H](c4ccc(C(C)(C)C)cc4)N(c4ccccc4)O[C@H]3C2=O)cc1. The van der Waals surface area contributed by atoms with Gasteiger partial charge in [-0.2, -0.15) is 0 Å². The zero-order valence-electron chi connectivity index (χ0n) is 19.4. The number of hydroxylamine groups is 1. The number of hydrogen-bond acceptors (Lipinski definition) is 4.